The molecule has 0 heterocycles. The molecule has 0 saturated heterocycles. The fourth-order valence-electron chi connectivity index (χ4n) is 1.63. The van der Waals surface area contributed by atoms with E-state index in [0.717, 1.165) is 0 Å². The molecule has 0 aliphatic carbocycles. The van der Waals surface area contributed by atoms with E-state index in [-0.39, 0.29) is 20.8 Å². The van der Waals surface area contributed by atoms with Crippen molar-refractivity contribution in [1.82, 2.24) is 0 Å². The molecular formula is C12H9F17. The van der Waals surface area contributed by atoms with Gasteiger partial charge in [0.25, 0.3) is 0 Å². The Kier molecular flexibility index (Phi) is 6.14. The van der Waals surface area contributed by atoms with Gasteiger partial charge < -0.3 is 0 Å². The van der Waals surface area contributed by atoms with Gasteiger partial charge in [-0.3, -0.25) is 0 Å². The smallest absolute Gasteiger partial charge is 0.199 e. The van der Waals surface area contributed by atoms with Crippen molar-refractivity contribution in [3.8, 4) is 0 Å². The quantitative estimate of drug-likeness (QED) is 0.361. The number of halogens is 17. The van der Waals surface area contributed by atoms with Crippen molar-refractivity contribution in [2.24, 2.45) is 5.41 Å². The highest BCUT2D eigenvalue weighted by Crippen LogP contribution is 2.65. The second kappa shape index (κ2) is 6.40. The molecule has 0 spiro atoms. The summed E-state index contributed by atoms with van der Waals surface area (Å²) in [7, 11) is 0. The second-order valence-electron chi connectivity index (χ2n) is 6.77. The van der Waals surface area contributed by atoms with Gasteiger partial charge in [-0.2, -0.15) is 74.6 Å². The molecule has 0 aliphatic heterocycles. The average molecular weight is 476 g/mol. The minimum Gasteiger partial charge on any atom is -0.199 e. The fraction of sp³-hybridized carbons (Fsp3) is 1.00. The molecule has 29 heavy (non-hydrogen) atoms. The van der Waals surface area contributed by atoms with Crippen LogP contribution in [0.5, 0.6) is 0 Å². The zero-order valence-corrected chi connectivity index (χ0v) is 13.9. The molecule has 0 amide bonds. The standard InChI is InChI=1S/C12H9F17/c1-4(2,3)5(13,14)6(15,16)7(17,18)8(19,20)9(21,22)10(23,24)11(25,26)12(27,28)29/h1-3H3. The summed E-state index contributed by atoms with van der Waals surface area (Å²) in [5.74, 6) is -55.9. The first-order valence-corrected chi connectivity index (χ1v) is 6.71. The van der Waals surface area contributed by atoms with Crippen LogP contribution in [0.3, 0.4) is 0 Å². The van der Waals surface area contributed by atoms with E-state index < -0.39 is 53.0 Å². The van der Waals surface area contributed by atoms with E-state index in [1.807, 2.05) is 0 Å². The van der Waals surface area contributed by atoms with E-state index in [9.17, 15) is 74.6 Å². The van der Waals surface area contributed by atoms with Crippen molar-refractivity contribution in [2.45, 2.75) is 68.4 Å². The van der Waals surface area contributed by atoms with Gasteiger partial charge in [0.1, 0.15) is 0 Å². The lowest BCUT2D eigenvalue weighted by Gasteiger charge is -2.45. The van der Waals surface area contributed by atoms with Crippen molar-refractivity contribution >= 4 is 0 Å². The van der Waals surface area contributed by atoms with E-state index in [4.69, 9.17) is 0 Å². The minimum absolute atomic E-state index is 0.000314. The zero-order valence-electron chi connectivity index (χ0n) is 13.9. The van der Waals surface area contributed by atoms with Crippen LogP contribution >= 0.6 is 0 Å². The van der Waals surface area contributed by atoms with E-state index in [2.05, 4.69) is 0 Å². The summed E-state index contributed by atoms with van der Waals surface area (Å²) in [4.78, 5) is 0. The third kappa shape index (κ3) is 3.29. The Morgan fingerprint density at radius 2 is 0.448 bits per heavy atom. The van der Waals surface area contributed by atoms with Gasteiger partial charge in [-0.1, -0.05) is 20.8 Å². The molecule has 0 radical (unpaired) electrons. The van der Waals surface area contributed by atoms with E-state index >= 15 is 0 Å². The van der Waals surface area contributed by atoms with Crippen LogP contribution < -0.4 is 0 Å². The van der Waals surface area contributed by atoms with Gasteiger partial charge in [0.15, 0.2) is 0 Å². The molecule has 0 aliphatic rings. The van der Waals surface area contributed by atoms with Crippen LogP contribution in [0.1, 0.15) is 20.8 Å². The Morgan fingerprint density at radius 3 is 0.621 bits per heavy atom. The van der Waals surface area contributed by atoms with Crippen LogP contribution in [-0.4, -0.2) is 47.6 Å². The van der Waals surface area contributed by atoms with Crippen molar-refractivity contribution in [2.75, 3.05) is 0 Å². The molecule has 0 unspecified atom stereocenters. The normalized spacial score (nSPS) is 17.0. The highest BCUT2D eigenvalue weighted by atomic mass is 19.4. The second-order valence-corrected chi connectivity index (χ2v) is 6.77. The molecular weight excluding hydrogens is 467 g/mol. The molecule has 0 nitrogen and oxygen atoms in total. The van der Waals surface area contributed by atoms with Gasteiger partial charge in [0.2, 0.25) is 0 Å². The topological polar surface area (TPSA) is 0 Å². The first kappa shape index (κ1) is 27.8. The summed E-state index contributed by atoms with van der Waals surface area (Å²) in [6, 6.07) is 0. The molecule has 0 aromatic carbocycles. The van der Waals surface area contributed by atoms with Crippen molar-refractivity contribution in [3.05, 3.63) is 0 Å². The van der Waals surface area contributed by atoms with Crippen molar-refractivity contribution in [1.29, 1.82) is 0 Å². The van der Waals surface area contributed by atoms with Gasteiger partial charge in [-0.15, -0.1) is 0 Å². The van der Waals surface area contributed by atoms with Gasteiger partial charge in [0.05, 0.1) is 0 Å². The molecule has 0 aromatic heterocycles. The lowest BCUT2D eigenvalue weighted by Crippen LogP contribution is -2.75. The highest BCUT2D eigenvalue weighted by Gasteiger charge is 2.95. The lowest BCUT2D eigenvalue weighted by atomic mass is 9.79. The van der Waals surface area contributed by atoms with Crippen LogP contribution in [0.4, 0.5) is 74.6 Å². The summed E-state index contributed by atoms with van der Waals surface area (Å²) in [5, 5.41) is 0. The SMILES string of the molecule is CC(C)(C)C(F)(F)C(F)(F)C(F)(F)C(F)(F)C(F)(F)C(F)(F)C(F)(F)C(F)(F)F. The van der Waals surface area contributed by atoms with Crippen LogP contribution in [0.25, 0.3) is 0 Å². The zero-order chi connectivity index (χ0) is 24.5. The van der Waals surface area contributed by atoms with Crippen LogP contribution in [-0.2, 0) is 0 Å². The van der Waals surface area contributed by atoms with Crippen LogP contribution in [0.2, 0.25) is 0 Å². The molecule has 0 fully saturated rings. The summed E-state index contributed by atoms with van der Waals surface area (Å²) < 4.78 is 220. The summed E-state index contributed by atoms with van der Waals surface area (Å²) in [6.07, 6.45) is -7.75. The minimum atomic E-state index is -8.58. The maximum Gasteiger partial charge on any atom is 0.460 e. The Balaban J connectivity index is 6.82. The number of alkyl halides is 17. The monoisotopic (exact) mass is 476 g/mol. The van der Waals surface area contributed by atoms with E-state index in [1.165, 1.54) is 0 Å². The van der Waals surface area contributed by atoms with Crippen molar-refractivity contribution in [3.63, 3.8) is 0 Å². The van der Waals surface area contributed by atoms with Gasteiger partial charge >= 0.3 is 47.6 Å². The largest absolute Gasteiger partial charge is 0.460 e. The lowest BCUT2D eigenvalue weighted by molar-refractivity contribution is -0.465. The van der Waals surface area contributed by atoms with Crippen LogP contribution in [0.15, 0.2) is 0 Å². The number of hydrogen-bond acceptors (Lipinski definition) is 0. The molecule has 0 bridgehead atoms. The molecule has 17 heteroatoms. The predicted molar refractivity (Wildman–Crippen MR) is 60.1 cm³/mol. The summed E-state index contributed by atoms with van der Waals surface area (Å²) in [5.41, 5.74) is -3.43. The fourth-order valence-corrected chi connectivity index (χ4v) is 1.63. The maximum absolute atomic E-state index is 13.5. The predicted octanol–water partition coefficient (Wildman–Crippen LogP) is 7.04. The Morgan fingerprint density at radius 1 is 0.276 bits per heavy atom. The first-order chi connectivity index (χ1) is 12.0. The van der Waals surface area contributed by atoms with Crippen molar-refractivity contribution < 1.29 is 74.6 Å². The molecule has 0 N–H and O–H groups in total. The van der Waals surface area contributed by atoms with E-state index in [1.54, 1.807) is 0 Å². The van der Waals surface area contributed by atoms with Gasteiger partial charge in [-0.25, -0.2) is 0 Å². The number of hydrogen-bond donors (Lipinski definition) is 0. The first-order valence-electron chi connectivity index (χ1n) is 6.71. The summed E-state index contributed by atoms with van der Waals surface area (Å²) >= 11 is 0. The molecule has 0 aromatic rings. The number of rotatable bonds is 6. The Bertz CT molecular complexity index is 551. The van der Waals surface area contributed by atoms with E-state index in [0.29, 0.717) is 0 Å². The average Bonchev–Trinajstić information content (AvgIpc) is 2.43. The molecule has 0 atom stereocenters. The Hall–Kier alpha value is -1.19. The van der Waals surface area contributed by atoms with Gasteiger partial charge in [0, 0.05) is 5.41 Å². The maximum atomic E-state index is 13.5. The molecule has 176 valence electrons. The Labute approximate surface area is 150 Å². The third-order valence-corrected chi connectivity index (χ3v) is 3.66. The van der Waals surface area contributed by atoms with Crippen LogP contribution in [0, 0.1) is 5.41 Å². The van der Waals surface area contributed by atoms with Gasteiger partial charge in [-0.05, 0) is 0 Å². The summed E-state index contributed by atoms with van der Waals surface area (Å²) in [6.45, 7) is -0.000942. The highest BCUT2D eigenvalue weighted by molar-refractivity contribution is 5.16. The molecule has 0 saturated carbocycles. The molecule has 0 rings (SSSR count). The third-order valence-electron chi connectivity index (χ3n) is 3.66.